The SMILES string of the molecule is O=C(c1ccco1)N1CCC(CO)C1. The van der Waals surface area contributed by atoms with Gasteiger partial charge >= 0.3 is 0 Å². The van der Waals surface area contributed by atoms with Crippen molar-refractivity contribution >= 4 is 5.91 Å². The first kappa shape index (κ1) is 9.27. The van der Waals surface area contributed by atoms with Crippen LogP contribution >= 0.6 is 0 Å². The molecule has 0 spiro atoms. The third-order valence-electron chi connectivity index (χ3n) is 2.56. The van der Waals surface area contributed by atoms with Gasteiger partial charge in [-0.2, -0.15) is 0 Å². The third-order valence-corrected chi connectivity index (χ3v) is 2.56. The van der Waals surface area contributed by atoms with Crippen LogP contribution in [0.4, 0.5) is 0 Å². The van der Waals surface area contributed by atoms with E-state index in [2.05, 4.69) is 0 Å². The minimum atomic E-state index is -0.0778. The molecule has 1 fully saturated rings. The third kappa shape index (κ3) is 1.65. The van der Waals surface area contributed by atoms with Crippen molar-refractivity contribution in [3.63, 3.8) is 0 Å². The lowest BCUT2D eigenvalue weighted by molar-refractivity contribution is 0.0750. The highest BCUT2D eigenvalue weighted by Crippen LogP contribution is 2.18. The number of hydrogen-bond donors (Lipinski definition) is 1. The fourth-order valence-corrected chi connectivity index (χ4v) is 1.72. The Morgan fingerprint density at radius 1 is 1.71 bits per heavy atom. The van der Waals surface area contributed by atoms with E-state index >= 15 is 0 Å². The van der Waals surface area contributed by atoms with Crippen LogP contribution in [0.3, 0.4) is 0 Å². The molecule has 0 radical (unpaired) electrons. The molecule has 1 saturated heterocycles. The van der Waals surface area contributed by atoms with Gasteiger partial charge < -0.3 is 14.4 Å². The quantitative estimate of drug-likeness (QED) is 0.757. The molecule has 14 heavy (non-hydrogen) atoms. The van der Waals surface area contributed by atoms with Gasteiger partial charge in [-0.15, -0.1) is 0 Å². The maximum atomic E-state index is 11.7. The molecule has 2 heterocycles. The van der Waals surface area contributed by atoms with E-state index in [-0.39, 0.29) is 18.4 Å². The summed E-state index contributed by atoms with van der Waals surface area (Å²) >= 11 is 0. The Hall–Kier alpha value is -1.29. The van der Waals surface area contributed by atoms with Crippen LogP contribution in [0.1, 0.15) is 17.0 Å². The Balaban J connectivity index is 2.00. The largest absolute Gasteiger partial charge is 0.459 e. The molecule has 0 aromatic carbocycles. The van der Waals surface area contributed by atoms with E-state index < -0.39 is 0 Å². The monoisotopic (exact) mass is 195 g/mol. The first-order valence-electron chi connectivity index (χ1n) is 4.75. The van der Waals surface area contributed by atoms with Crippen molar-refractivity contribution in [2.75, 3.05) is 19.7 Å². The topological polar surface area (TPSA) is 53.7 Å². The molecule has 0 saturated carbocycles. The van der Waals surface area contributed by atoms with Gasteiger partial charge in [0.2, 0.25) is 0 Å². The molecule has 1 aliphatic rings. The molecular formula is C10H13NO3. The lowest BCUT2D eigenvalue weighted by atomic mass is 10.1. The minimum Gasteiger partial charge on any atom is -0.459 e. The summed E-state index contributed by atoms with van der Waals surface area (Å²) in [4.78, 5) is 13.4. The van der Waals surface area contributed by atoms with Crippen molar-refractivity contribution in [1.82, 2.24) is 4.90 Å². The molecule has 0 aliphatic carbocycles. The van der Waals surface area contributed by atoms with Gasteiger partial charge in [0.05, 0.1) is 6.26 Å². The fourth-order valence-electron chi connectivity index (χ4n) is 1.72. The molecule has 1 aliphatic heterocycles. The number of aliphatic hydroxyl groups is 1. The molecule has 4 heteroatoms. The highest BCUT2D eigenvalue weighted by Gasteiger charge is 2.27. The van der Waals surface area contributed by atoms with Crippen molar-refractivity contribution in [3.8, 4) is 0 Å². The van der Waals surface area contributed by atoms with Crippen molar-refractivity contribution in [1.29, 1.82) is 0 Å². The highest BCUT2D eigenvalue weighted by atomic mass is 16.3. The second-order valence-electron chi connectivity index (χ2n) is 3.57. The predicted octanol–water partition coefficient (Wildman–Crippen LogP) is 0.734. The van der Waals surface area contributed by atoms with E-state index in [9.17, 15) is 4.79 Å². The average molecular weight is 195 g/mol. The van der Waals surface area contributed by atoms with Crippen LogP contribution < -0.4 is 0 Å². The molecule has 4 nitrogen and oxygen atoms in total. The van der Waals surface area contributed by atoms with Crippen LogP contribution in [0.2, 0.25) is 0 Å². The molecule has 0 bridgehead atoms. The predicted molar refractivity (Wildman–Crippen MR) is 49.8 cm³/mol. The van der Waals surface area contributed by atoms with Gasteiger partial charge in [0.25, 0.3) is 5.91 Å². The maximum Gasteiger partial charge on any atom is 0.289 e. The van der Waals surface area contributed by atoms with Crippen LogP contribution in [0.15, 0.2) is 22.8 Å². The molecule has 1 N–H and O–H groups in total. The second-order valence-corrected chi connectivity index (χ2v) is 3.57. The summed E-state index contributed by atoms with van der Waals surface area (Å²) in [5.41, 5.74) is 0. The molecule has 1 atom stereocenters. The van der Waals surface area contributed by atoms with E-state index in [0.717, 1.165) is 6.42 Å². The Kier molecular flexibility index (Phi) is 2.54. The van der Waals surface area contributed by atoms with Gasteiger partial charge in [0.15, 0.2) is 5.76 Å². The van der Waals surface area contributed by atoms with E-state index in [1.165, 1.54) is 6.26 Å². The summed E-state index contributed by atoms with van der Waals surface area (Å²) in [6, 6.07) is 3.36. The van der Waals surface area contributed by atoms with E-state index in [1.54, 1.807) is 17.0 Å². The fraction of sp³-hybridized carbons (Fsp3) is 0.500. The summed E-state index contributed by atoms with van der Waals surface area (Å²) in [5, 5.41) is 8.93. The normalized spacial score (nSPS) is 21.5. The molecule has 1 aromatic heterocycles. The standard InChI is InChI=1S/C10H13NO3/c12-7-8-3-4-11(6-8)10(13)9-2-1-5-14-9/h1-2,5,8,12H,3-4,6-7H2. The molecule has 1 aromatic rings. The number of hydrogen-bond acceptors (Lipinski definition) is 3. The van der Waals surface area contributed by atoms with Crippen LogP contribution in [-0.4, -0.2) is 35.6 Å². The zero-order valence-corrected chi connectivity index (χ0v) is 7.85. The number of rotatable bonds is 2. The number of likely N-dealkylation sites (tertiary alicyclic amines) is 1. The molecule has 1 unspecified atom stereocenters. The van der Waals surface area contributed by atoms with E-state index in [0.29, 0.717) is 18.8 Å². The highest BCUT2D eigenvalue weighted by molar-refractivity contribution is 5.91. The lowest BCUT2D eigenvalue weighted by Crippen LogP contribution is -2.28. The Labute approximate surface area is 82.1 Å². The number of nitrogens with zero attached hydrogens (tertiary/aromatic N) is 1. The summed E-state index contributed by atoms with van der Waals surface area (Å²) in [7, 11) is 0. The molecule has 76 valence electrons. The number of amides is 1. The second kappa shape index (κ2) is 3.84. The Morgan fingerprint density at radius 2 is 2.57 bits per heavy atom. The minimum absolute atomic E-state index is 0.0778. The number of aliphatic hydroxyl groups excluding tert-OH is 1. The molecular weight excluding hydrogens is 182 g/mol. The Bertz CT molecular complexity index is 307. The zero-order valence-electron chi connectivity index (χ0n) is 7.85. The maximum absolute atomic E-state index is 11.7. The van der Waals surface area contributed by atoms with Gasteiger partial charge in [0.1, 0.15) is 0 Å². The van der Waals surface area contributed by atoms with Crippen molar-refractivity contribution in [3.05, 3.63) is 24.2 Å². The Morgan fingerprint density at radius 3 is 3.14 bits per heavy atom. The van der Waals surface area contributed by atoms with Crippen molar-refractivity contribution < 1.29 is 14.3 Å². The molecule has 1 amide bonds. The average Bonchev–Trinajstić information content (AvgIpc) is 2.88. The van der Waals surface area contributed by atoms with Gasteiger partial charge in [-0.25, -0.2) is 0 Å². The van der Waals surface area contributed by atoms with Gasteiger partial charge in [0, 0.05) is 25.6 Å². The number of furan rings is 1. The van der Waals surface area contributed by atoms with Crippen LogP contribution in [0.25, 0.3) is 0 Å². The summed E-state index contributed by atoms with van der Waals surface area (Å²) in [5.74, 6) is 0.531. The smallest absolute Gasteiger partial charge is 0.289 e. The van der Waals surface area contributed by atoms with E-state index in [4.69, 9.17) is 9.52 Å². The van der Waals surface area contributed by atoms with Crippen LogP contribution in [0, 0.1) is 5.92 Å². The van der Waals surface area contributed by atoms with E-state index in [1.807, 2.05) is 0 Å². The van der Waals surface area contributed by atoms with Crippen molar-refractivity contribution in [2.45, 2.75) is 6.42 Å². The molecule has 2 rings (SSSR count). The lowest BCUT2D eigenvalue weighted by Gasteiger charge is -2.13. The first-order chi connectivity index (χ1) is 6.81. The number of carbonyl (C=O) groups excluding carboxylic acids is 1. The summed E-state index contributed by atoms with van der Waals surface area (Å²) in [6.07, 6.45) is 2.37. The van der Waals surface area contributed by atoms with Crippen LogP contribution in [-0.2, 0) is 0 Å². The zero-order chi connectivity index (χ0) is 9.97. The van der Waals surface area contributed by atoms with Gasteiger partial charge in [-0.1, -0.05) is 0 Å². The van der Waals surface area contributed by atoms with Crippen molar-refractivity contribution in [2.24, 2.45) is 5.92 Å². The first-order valence-corrected chi connectivity index (χ1v) is 4.75. The summed E-state index contributed by atoms with van der Waals surface area (Å²) in [6.45, 7) is 1.50. The van der Waals surface area contributed by atoms with Crippen LogP contribution in [0.5, 0.6) is 0 Å². The summed E-state index contributed by atoms with van der Waals surface area (Å²) < 4.78 is 5.02. The van der Waals surface area contributed by atoms with Gasteiger partial charge in [-0.05, 0) is 18.6 Å². The van der Waals surface area contributed by atoms with Gasteiger partial charge in [-0.3, -0.25) is 4.79 Å². The number of carbonyl (C=O) groups is 1.